The van der Waals surface area contributed by atoms with Gasteiger partial charge in [-0.1, -0.05) is 0 Å². The largest absolute Gasteiger partial charge is 0.464 e. The number of carbonyl (C=O) groups excluding carboxylic acids is 3. The van der Waals surface area contributed by atoms with Crippen molar-refractivity contribution < 1.29 is 28.6 Å². The second kappa shape index (κ2) is 6.00. The van der Waals surface area contributed by atoms with E-state index in [1.54, 1.807) is 0 Å². The molecule has 6 nitrogen and oxygen atoms in total. The molecule has 0 N–H and O–H groups in total. The van der Waals surface area contributed by atoms with E-state index in [-0.39, 0.29) is 18.3 Å². The van der Waals surface area contributed by atoms with Crippen LogP contribution in [0.2, 0.25) is 0 Å². The average molecular weight is 216 g/mol. The van der Waals surface area contributed by atoms with Crippen LogP contribution in [0.25, 0.3) is 0 Å². The summed E-state index contributed by atoms with van der Waals surface area (Å²) in [4.78, 5) is 30.5. The lowest BCUT2D eigenvalue weighted by Crippen LogP contribution is -2.37. The van der Waals surface area contributed by atoms with Crippen molar-refractivity contribution in [2.45, 2.75) is 37.6 Å². The highest BCUT2D eigenvalue weighted by Crippen LogP contribution is 2.25. The summed E-state index contributed by atoms with van der Waals surface area (Å²) >= 11 is 0. The molecule has 1 aliphatic carbocycles. The minimum Gasteiger partial charge on any atom is -0.464 e. The maximum atomic E-state index is 10.2. The van der Waals surface area contributed by atoms with Crippen molar-refractivity contribution in [1.82, 2.24) is 0 Å². The van der Waals surface area contributed by atoms with Gasteiger partial charge in [0.1, 0.15) is 18.3 Å². The third kappa shape index (κ3) is 3.57. The Labute approximate surface area is 86.5 Å². The number of hydrogen-bond donors (Lipinski definition) is 0. The van der Waals surface area contributed by atoms with Crippen LogP contribution in [0.5, 0.6) is 0 Å². The fourth-order valence-electron chi connectivity index (χ4n) is 1.74. The van der Waals surface area contributed by atoms with Gasteiger partial charge in [0.25, 0.3) is 19.4 Å². The Balaban J connectivity index is 2.50. The van der Waals surface area contributed by atoms with Gasteiger partial charge in [-0.05, 0) is 0 Å². The van der Waals surface area contributed by atoms with Crippen LogP contribution >= 0.6 is 0 Å². The zero-order chi connectivity index (χ0) is 11.1. The smallest absolute Gasteiger partial charge is 0.293 e. The molecular weight excluding hydrogens is 204 g/mol. The number of hydrogen-bond acceptors (Lipinski definition) is 6. The van der Waals surface area contributed by atoms with Crippen LogP contribution in [0.3, 0.4) is 0 Å². The monoisotopic (exact) mass is 216 g/mol. The summed E-state index contributed by atoms with van der Waals surface area (Å²) in [6, 6.07) is 0. The third-order valence-electron chi connectivity index (χ3n) is 2.32. The lowest BCUT2D eigenvalue weighted by molar-refractivity contribution is -0.152. The molecule has 0 saturated heterocycles. The van der Waals surface area contributed by atoms with E-state index in [9.17, 15) is 14.4 Å². The molecule has 1 rings (SSSR count). The normalized spacial score (nSPS) is 30.0. The maximum absolute atomic E-state index is 10.2. The quantitative estimate of drug-likeness (QED) is 0.451. The zero-order valence-electron chi connectivity index (χ0n) is 8.03. The van der Waals surface area contributed by atoms with Gasteiger partial charge in [-0.25, -0.2) is 0 Å². The molecule has 0 atom stereocenters. The number of ether oxygens (including phenoxy) is 3. The molecule has 15 heavy (non-hydrogen) atoms. The summed E-state index contributed by atoms with van der Waals surface area (Å²) in [5.41, 5.74) is 0. The topological polar surface area (TPSA) is 78.9 Å². The standard InChI is InChI=1S/C9H12O6/c10-4-13-7-1-8(14-5-11)3-9(2-7)15-6-12/h4-9H,1-3H2. The van der Waals surface area contributed by atoms with Gasteiger partial charge in [0.05, 0.1) is 0 Å². The zero-order valence-corrected chi connectivity index (χ0v) is 8.03. The van der Waals surface area contributed by atoms with E-state index in [2.05, 4.69) is 0 Å². The van der Waals surface area contributed by atoms with Crippen LogP contribution in [0.1, 0.15) is 19.3 Å². The average Bonchev–Trinajstić information content (AvgIpc) is 2.19. The van der Waals surface area contributed by atoms with Gasteiger partial charge in [-0.15, -0.1) is 0 Å². The molecule has 0 amide bonds. The van der Waals surface area contributed by atoms with E-state index in [0.29, 0.717) is 38.7 Å². The van der Waals surface area contributed by atoms with Crippen LogP contribution in [0, 0.1) is 0 Å². The van der Waals surface area contributed by atoms with Gasteiger partial charge in [-0.3, -0.25) is 14.4 Å². The van der Waals surface area contributed by atoms with Gasteiger partial charge in [0, 0.05) is 19.3 Å². The summed E-state index contributed by atoms with van der Waals surface area (Å²) in [5, 5.41) is 0. The van der Waals surface area contributed by atoms with Crippen LogP contribution in [0.15, 0.2) is 0 Å². The summed E-state index contributed by atoms with van der Waals surface area (Å²) in [7, 11) is 0. The number of carbonyl (C=O) groups is 3. The minimum atomic E-state index is -0.369. The molecule has 0 spiro atoms. The summed E-state index contributed by atoms with van der Waals surface area (Å²) < 4.78 is 14.3. The second-order valence-corrected chi connectivity index (χ2v) is 3.27. The molecule has 0 aromatic carbocycles. The van der Waals surface area contributed by atoms with Crippen molar-refractivity contribution in [2.24, 2.45) is 0 Å². The van der Waals surface area contributed by atoms with Gasteiger partial charge >= 0.3 is 0 Å². The van der Waals surface area contributed by atoms with Crippen molar-refractivity contribution in [1.29, 1.82) is 0 Å². The molecule has 0 bridgehead atoms. The Hall–Kier alpha value is -1.59. The van der Waals surface area contributed by atoms with Gasteiger partial charge in [-0.2, -0.15) is 0 Å². The Morgan fingerprint density at radius 1 is 0.667 bits per heavy atom. The predicted octanol–water partition coefficient (Wildman–Crippen LogP) is -0.205. The molecule has 0 heterocycles. The Kier molecular flexibility index (Phi) is 4.59. The lowest BCUT2D eigenvalue weighted by atomic mass is 9.92. The fourth-order valence-corrected chi connectivity index (χ4v) is 1.74. The highest BCUT2D eigenvalue weighted by molar-refractivity contribution is 5.39. The van der Waals surface area contributed by atoms with Crippen molar-refractivity contribution in [2.75, 3.05) is 0 Å². The summed E-state index contributed by atoms with van der Waals surface area (Å²) in [6.45, 7) is 1.02. The van der Waals surface area contributed by atoms with Gasteiger partial charge < -0.3 is 14.2 Å². The summed E-state index contributed by atoms with van der Waals surface area (Å²) in [6.07, 6.45) is 0.214. The molecule has 0 radical (unpaired) electrons. The van der Waals surface area contributed by atoms with Crippen molar-refractivity contribution >= 4 is 19.4 Å². The molecule has 1 fully saturated rings. The Morgan fingerprint density at radius 3 is 1.13 bits per heavy atom. The van der Waals surface area contributed by atoms with Gasteiger partial charge in [0.15, 0.2) is 0 Å². The SMILES string of the molecule is O=COC1CC(OC=O)CC(OC=O)C1. The molecule has 0 aliphatic heterocycles. The van der Waals surface area contributed by atoms with E-state index in [0.717, 1.165) is 0 Å². The van der Waals surface area contributed by atoms with E-state index < -0.39 is 0 Å². The van der Waals surface area contributed by atoms with Crippen LogP contribution in [0.4, 0.5) is 0 Å². The lowest BCUT2D eigenvalue weighted by Gasteiger charge is -2.31. The molecule has 1 aliphatic rings. The molecule has 0 aromatic heterocycles. The van der Waals surface area contributed by atoms with E-state index in [1.807, 2.05) is 0 Å². The molecule has 0 unspecified atom stereocenters. The Morgan fingerprint density at radius 2 is 0.933 bits per heavy atom. The molecule has 1 saturated carbocycles. The van der Waals surface area contributed by atoms with Crippen LogP contribution < -0.4 is 0 Å². The van der Waals surface area contributed by atoms with Crippen LogP contribution in [-0.2, 0) is 28.6 Å². The third-order valence-corrected chi connectivity index (χ3v) is 2.32. The van der Waals surface area contributed by atoms with E-state index in [4.69, 9.17) is 14.2 Å². The molecule has 84 valence electrons. The molecule has 0 aromatic rings. The number of rotatable bonds is 6. The Bertz CT molecular complexity index is 185. The van der Waals surface area contributed by atoms with E-state index in [1.165, 1.54) is 0 Å². The predicted molar refractivity (Wildman–Crippen MR) is 46.7 cm³/mol. The van der Waals surface area contributed by atoms with Crippen molar-refractivity contribution in [3.63, 3.8) is 0 Å². The van der Waals surface area contributed by atoms with Gasteiger partial charge in [0.2, 0.25) is 0 Å². The summed E-state index contributed by atoms with van der Waals surface area (Å²) in [5.74, 6) is 0. The first-order valence-corrected chi connectivity index (χ1v) is 4.57. The van der Waals surface area contributed by atoms with Crippen LogP contribution in [-0.4, -0.2) is 37.7 Å². The minimum absolute atomic E-state index is 0.339. The van der Waals surface area contributed by atoms with Crippen molar-refractivity contribution in [3.8, 4) is 0 Å². The van der Waals surface area contributed by atoms with E-state index >= 15 is 0 Å². The maximum Gasteiger partial charge on any atom is 0.293 e. The highest BCUT2D eigenvalue weighted by Gasteiger charge is 2.32. The first-order valence-electron chi connectivity index (χ1n) is 4.57. The second-order valence-electron chi connectivity index (χ2n) is 3.27. The van der Waals surface area contributed by atoms with Crippen molar-refractivity contribution in [3.05, 3.63) is 0 Å². The highest BCUT2D eigenvalue weighted by atomic mass is 16.6. The first-order chi connectivity index (χ1) is 7.30. The molecule has 6 heteroatoms. The first kappa shape index (κ1) is 11.5. The fraction of sp³-hybridized carbons (Fsp3) is 0.667. The molecular formula is C9H12O6.